The van der Waals surface area contributed by atoms with Crippen molar-refractivity contribution in [1.82, 2.24) is 4.90 Å². The molecule has 2 atom stereocenters. The molecule has 1 aliphatic heterocycles. The topological polar surface area (TPSA) is 29.5 Å². The quantitative estimate of drug-likeness (QED) is 0.526. The van der Waals surface area contributed by atoms with Crippen LogP contribution < -0.4 is 4.74 Å². The predicted octanol–water partition coefficient (Wildman–Crippen LogP) is 6.32. The number of ether oxygens (including phenoxy) is 1. The van der Waals surface area contributed by atoms with Gasteiger partial charge in [-0.15, -0.1) is 0 Å². The summed E-state index contributed by atoms with van der Waals surface area (Å²) in [5.41, 5.74) is 4.02. The number of hydrogen-bond donors (Lipinski definition) is 0. The second-order valence-electron chi connectivity index (χ2n) is 10.6. The van der Waals surface area contributed by atoms with E-state index in [0.29, 0.717) is 11.8 Å². The molecule has 1 saturated carbocycles. The lowest BCUT2D eigenvalue weighted by atomic mass is 9.82. The van der Waals surface area contributed by atoms with Gasteiger partial charge in [0.25, 0.3) is 0 Å². The Morgan fingerprint density at radius 2 is 1.65 bits per heavy atom. The summed E-state index contributed by atoms with van der Waals surface area (Å²) >= 11 is 0. The molecule has 31 heavy (non-hydrogen) atoms. The van der Waals surface area contributed by atoms with Gasteiger partial charge in [0.05, 0.1) is 13.2 Å². The third-order valence-corrected chi connectivity index (χ3v) is 7.04. The molecular formula is C28H37NO2. The Labute approximate surface area is 187 Å². The lowest BCUT2D eigenvalue weighted by Gasteiger charge is -2.40. The zero-order valence-corrected chi connectivity index (χ0v) is 19.6. The van der Waals surface area contributed by atoms with Gasteiger partial charge in [0.15, 0.2) is 0 Å². The fraction of sp³-hybridized carbons (Fsp3) is 0.536. The summed E-state index contributed by atoms with van der Waals surface area (Å²) in [4.78, 5) is 15.4. The van der Waals surface area contributed by atoms with E-state index in [2.05, 4.69) is 62.1 Å². The monoisotopic (exact) mass is 419 g/mol. The molecule has 0 bridgehead atoms. The second kappa shape index (κ2) is 9.06. The molecule has 2 aromatic carbocycles. The molecule has 166 valence electrons. The lowest BCUT2D eigenvalue weighted by Crippen LogP contribution is -2.42. The number of benzene rings is 2. The fourth-order valence-corrected chi connectivity index (χ4v) is 4.91. The van der Waals surface area contributed by atoms with E-state index in [0.717, 1.165) is 37.5 Å². The molecule has 2 aromatic rings. The first-order valence-electron chi connectivity index (χ1n) is 11.9. The average molecular weight is 420 g/mol. The number of piperidine rings is 1. The number of likely N-dealkylation sites (tertiary alicyclic amines) is 1. The third-order valence-electron chi connectivity index (χ3n) is 7.04. The van der Waals surface area contributed by atoms with Gasteiger partial charge in [-0.3, -0.25) is 4.79 Å². The maximum atomic E-state index is 13.2. The minimum Gasteiger partial charge on any atom is -0.497 e. The normalized spacial score (nSPS) is 21.9. The summed E-state index contributed by atoms with van der Waals surface area (Å²) in [5.74, 6) is 2.60. The number of nitrogens with zero attached hydrogens (tertiary/aromatic N) is 1. The van der Waals surface area contributed by atoms with Crippen LogP contribution in [0.4, 0.5) is 0 Å². The molecular weight excluding hydrogens is 382 g/mol. The van der Waals surface area contributed by atoms with Crippen LogP contribution in [-0.4, -0.2) is 24.5 Å². The van der Waals surface area contributed by atoms with Gasteiger partial charge < -0.3 is 9.64 Å². The summed E-state index contributed by atoms with van der Waals surface area (Å²) in [6.45, 7) is 7.52. The molecule has 2 fully saturated rings. The first-order chi connectivity index (χ1) is 14.8. The summed E-state index contributed by atoms with van der Waals surface area (Å²) in [5, 5.41) is 0. The number of hydrogen-bond acceptors (Lipinski definition) is 2. The van der Waals surface area contributed by atoms with E-state index in [-0.39, 0.29) is 11.5 Å². The second-order valence-corrected chi connectivity index (χ2v) is 10.6. The highest BCUT2D eigenvalue weighted by molar-refractivity contribution is 5.78. The molecule has 2 unspecified atom stereocenters. The zero-order chi connectivity index (χ0) is 22.0. The summed E-state index contributed by atoms with van der Waals surface area (Å²) in [6, 6.07) is 17.4. The Bertz CT molecular complexity index is 875. The fourth-order valence-electron chi connectivity index (χ4n) is 4.91. The van der Waals surface area contributed by atoms with E-state index in [1.807, 2.05) is 12.1 Å². The molecule has 0 aromatic heterocycles. The predicted molar refractivity (Wildman–Crippen MR) is 126 cm³/mol. The van der Waals surface area contributed by atoms with Gasteiger partial charge in [0, 0.05) is 13.0 Å². The molecule has 4 rings (SSSR count). The summed E-state index contributed by atoms with van der Waals surface area (Å²) < 4.78 is 5.27. The van der Waals surface area contributed by atoms with Crippen molar-refractivity contribution in [2.24, 2.45) is 11.8 Å². The van der Waals surface area contributed by atoms with E-state index in [4.69, 9.17) is 4.74 Å². The molecule has 0 radical (unpaired) electrons. The van der Waals surface area contributed by atoms with Crippen LogP contribution in [-0.2, 0) is 16.6 Å². The van der Waals surface area contributed by atoms with Crippen LogP contribution in [0.5, 0.6) is 5.75 Å². The molecule has 1 aliphatic carbocycles. The standard InChI is InChI=1S/C28H37NO2/c1-28(2,3)24-11-9-23(10-12-24)26-18-22(17-21-5-6-21)19-27(30)29(26)16-15-20-7-13-25(31-4)14-8-20/h7-14,21-22,26H,5-6,15-19H2,1-4H3. The molecule has 3 nitrogen and oxygen atoms in total. The van der Waals surface area contributed by atoms with Crippen LogP contribution in [0.1, 0.15) is 75.6 Å². The van der Waals surface area contributed by atoms with E-state index in [1.165, 1.54) is 36.0 Å². The van der Waals surface area contributed by atoms with E-state index in [1.54, 1.807) is 7.11 Å². The smallest absolute Gasteiger partial charge is 0.223 e. The van der Waals surface area contributed by atoms with Crippen LogP contribution in [0.25, 0.3) is 0 Å². The van der Waals surface area contributed by atoms with Crippen molar-refractivity contribution in [2.45, 2.75) is 70.8 Å². The van der Waals surface area contributed by atoms with Gasteiger partial charge in [-0.2, -0.15) is 0 Å². The Morgan fingerprint density at radius 3 is 2.23 bits per heavy atom. The van der Waals surface area contributed by atoms with Crippen molar-refractivity contribution in [3.8, 4) is 5.75 Å². The Morgan fingerprint density at radius 1 is 0.968 bits per heavy atom. The minimum absolute atomic E-state index is 0.142. The molecule has 1 saturated heterocycles. The first kappa shape index (κ1) is 21.9. The van der Waals surface area contributed by atoms with Crippen LogP contribution in [0.15, 0.2) is 48.5 Å². The van der Waals surface area contributed by atoms with Gasteiger partial charge in [-0.25, -0.2) is 0 Å². The minimum atomic E-state index is 0.142. The van der Waals surface area contributed by atoms with Crippen molar-refractivity contribution >= 4 is 5.91 Å². The SMILES string of the molecule is COc1ccc(CCN2C(=O)CC(CC3CC3)CC2c2ccc(C(C)(C)C)cc2)cc1. The van der Waals surface area contributed by atoms with Crippen molar-refractivity contribution in [1.29, 1.82) is 0 Å². The largest absolute Gasteiger partial charge is 0.497 e. The molecule has 1 amide bonds. The van der Waals surface area contributed by atoms with Crippen LogP contribution in [0, 0.1) is 11.8 Å². The van der Waals surface area contributed by atoms with Crippen molar-refractivity contribution in [3.05, 3.63) is 65.2 Å². The number of rotatable bonds is 7. The summed E-state index contributed by atoms with van der Waals surface area (Å²) in [6.07, 6.45) is 6.64. The number of carbonyl (C=O) groups excluding carboxylic acids is 1. The van der Waals surface area contributed by atoms with Gasteiger partial charge >= 0.3 is 0 Å². The molecule has 0 N–H and O–H groups in total. The number of amides is 1. The first-order valence-corrected chi connectivity index (χ1v) is 11.9. The van der Waals surface area contributed by atoms with Gasteiger partial charge in [-0.1, -0.05) is 70.0 Å². The molecule has 1 heterocycles. The van der Waals surface area contributed by atoms with Crippen molar-refractivity contribution in [2.75, 3.05) is 13.7 Å². The number of methoxy groups -OCH3 is 1. The zero-order valence-electron chi connectivity index (χ0n) is 19.6. The average Bonchev–Trinajstić information content (AvgIpc) is 3.56. The maximum absolute atomic E-state index is 13.2. The molecule has 3 heteroatoms. The maximum Gasteiger partial charge on any atom is 0.223 e. The van der Waals surface area contributed by atoms with Crippen LogP contribution >= 0.6 is 0 Å². The van der Waals surface area contributed by atoms with Gasteiger partial charge in [0.2, 0.25) is 5.91 Å². The third kappa shape index (κ3) is 5.50. The van der Waals surface area contributed by atoms with Crippen molar-refractivity contribution in [3.63, 3.8) is 0 Å². The highest BCUT2D eigenvalue weighted by atomic mass is 16.5. The highest BCUT2D eigenvalue weighted by Gasteiger charge is 2.37. The van der Waals surface area contributed by atoms with Crippen LogP contribution in [0.3, 0.4) is 0 Å². The van der Waals surface area contributed by atoms with E-state index in [9.17, 15) is 4.79 Å². The molecule has 2 aliphatic rings. The van der Waals surface area contributed by atoms with Crippen LogP contribution in [0.2, 0.25) is 0 Å². The van der Waals surface area contributed by atoms with E-state index < -0.39 is 0 Å². The Kier molecular flexibility index (Phi) is 6.41. The van der Waals surface area contributed by atoms with E-state index >= 15 is 0 Å². The van der Waals surface area contributed by atoms with Gasteiger partial charge in [0.1, 0.15) is 5.75 Å². The highest BCUT2D eigenvalue weighted by Crippen LogP contribution is 2.43. The molecule has 0 spiro atoms. The lowest BCUT2D eigenvalue weighted by molar-refractivity contribution is -0.139. The summed E-state index contributed by atoms with van der Waals surface area (Å²) in [7, 11) is 1.69. The Balaban J connectivity index is 1.52. The van der Waals surface area contributed by atoms with Gasteiger partial charge in [-0.05, 0) is 65.3 Å². The Hall–Kier alpha value is -2.29. The number of carbonyl (C=O) groups is 1. The van der Waals surface area contributed by atoms with Crippen molar-refractivity contribution < 1.29 is 9.53 Å².